The van der Waals surface area contributed by atoms with Gasteiger partial charge in [-0.1, -0.05) is 39.0 Å². The van der Waals surface area contributed by atoms with Crippen LogP contribution in [-0.4, -0.2) is 36.9 Å². The van der Waals surface area contributed by atoms with Gasteiger partial charge >= 0.3 is 0 Å². The average Bonchev–Trinajstić information content (AvgIpc) is 2.65. The van der Waals surface area contributed by atoms with Crippen LogP contribution in [0.2, 0.25) is 0 Å². The maximum atomic E-state index is 12.4. The minimum absolute atomic E-state index is 0.0277. The molecule has 1 heterocycles. The Balaban J connectivity index is 1.94. The van der Waals surface area contributed by atoms with Crippen molar-refractivity contribution < 1.29 is 9.59 Å². The zero-order valence-electron chi connectivity index (χ0n) is 17.5. The number of nitrogens with zero attached hydrogens (tertiary/aromatic N) is 2. The summed E-state index contributed by atoms with van der Waals surface area (Å²) < 4.78 is 0. The summed E-state index contributed by atoms with van der Waals surface area (Å²) in [6.07, 6.45) is 1.72. The van der Waals surface area contributed by atoms with Crippen LogP contribution in [-0.2, 0) is 16.8 Å². The number of aromatic nitrogens is 1. The van der Waals surface area contributed by atoms with E-state index in [4.69, 9.17) is 0 Å². The molecule has 150 valence electrons. The molecule has 1 aromatic carbocycles. The van der Waals surface area contributed by atoms with Crippen molar-refractivity contribution in [3.05, 3.63) is 59.3 Å². The lowest BCUT2D eigenvalue weighted by Crippen LogP contribution is -2.44. The molecule has 0 spiro atoms. The summed E-state index contributed by atoms with van der Waals surface area (Å²) in [7, 11) is 3.81. The highest BCUT2D eigenvalue weighted by atomic mass is 16.2. The van der Waals surface area contributed by atoms with Crippen molar-refractivity contribution in [3.8, 4) is 0 Å². The zero-order valence-corrected chi connectivity index (χ0v) is 17.5. The minimum Gasteiger partial charge on any atom is -0.362 e. The molecule has 6 nitrogen and oxygen atoms in total. The number of carbonyl (C=O) groups excluding carboxylic acids is 2. The minimum atomic E-state index is -0.644. The van der Waals surface area contributed by atoms with Gasteiger partial charge in [0.25, 0.3) is 5.91 Å². The van der Waals surface area contributed by atoms with Crippen molar-refractivity contribution >= 4 is 17.6 Å². The fourth-order valence-electron chi connectivity index (χ4n) is 2.77. The standard InChI is InChI=1S/C22H30N4O2/c1-15(20(27)24-14-17-8-7-13-23-19(17)26(5)6)25-21(28)16-9-11-18(12-10-16)22(2,3)4/h7-13,15H,14H2,1-6H3,(H,24,27)(H,25,28). The second-order valence-corrected chi connectivity index (χ2v) is 8.12. The van der Waals surface area contributed by atoms with Gasteiger partial charge in [0.15, 0.2) is 0 Å². The van der Waals surface area contributed by atoms with Crippen LogP contribution in [0.4, 0.5) is 5.82 Å². The number of benzene rings is 1. The van der Waals surface area contributed by atoms with E-state index >= 15 is 0 Å². The van der Waals surface area contributed by atoms with Gasteiger partial charge in [-0.05, 0) is 36.1 Å². The smallest absolute Gasteiger partial charge is 0.251 e. The number of carbonyl (C=O) groups is 2. The fourth-order valence-corrected chi connectivity index (χ4v) is 2.77. The first kappa shape index (κ1) is 21.4. The van der Waals surface area contributed by atoms with Crippen molar-refractivity contribution in [3.63, 3.8) is 0 Å². The SMILES string of the molecule is CC(NC(=O)c1ccc(C(C)(C)C)cc1)C(=O)NCc1cccnc1N(C)C. The first-order valence-corrected chi connectivity index (χ1v) is 9.40. The van der Waals surface area contributed by atoms with Gasteiger partial charge in [0, 0.05) is 38.0 Å². The number of anilines is 1. The quantitative estimate of drug-likeness (QED) is 0.806. The lowest BCUT2D eigenvalue weighted by Gasteiger charge is -2.19. The summed E-state index contributed by atoms with van der Waals surface area (Å²) >= 11 is 0. The summed E-state index contributed by atoms with van der Waals surface area (Å²) in [5.41, 5.74) is 2.63. The van der Waals surface area contributed by atoms with E-state index < -0.39 is 6.04 Å². The van der Waals surface area contributed by atoms with Gasteiger partial charge in [-0.2, -0.15) is 0 Å². The molecular formula is C22H30N4O2. The topological polar surface area (TPSA) is 74.3 Å². The second-order valence-electron chi connectivity index (χ2n) is 8.12. The Bertz CT molecular complexity index is 823. The van der Waals surface area contributed by atoms with Crippen LogP contribution >= 0.6 is 0 Å². The molecule has 1 unspecified atom stereocenters. The molecule has 0 bridgehead atoms. The van der Waals surface area contributed by atoms with Crippen molar-refractivity contribution in [1.29, 1.82) is 0 Å². The number of pyridine rings is 1. The molecule has 0 aliphatic carbocycles. The van der Waals surface area contributed by atoms with Crippen LogP contribution in [0.3, 0.4) is 0 Å². The number of hydrogen-bond acceptors (Lipinski definition) is 4. The van der Waals surface area contributed by atoms with E-state index in [1.807, 2.05) is 43.3 Å². The lowest BCUT2D eigenvalue weighted by atomic mass is 9.86. The van der Waals surface area contributed by atoms with Crippen LogP contribution in [0.15, 0.2) is 42.6 Å². The van der Waals surface area contributed by atoms with Crippen LogP contribution in [0.25, 0.3) is 0 Å². The van der Waals surface area contributed by atoms with E-state index in [1.54, 1.807) is 25.3 Å². The second kappa shape index (κ2) is 8.87. The Kier molecular flexibility index (Phi) is 6.78. The van der Waals surface area contributed by atoms with Crippen LogP contribution in [0, 0.1) is 0 Å². The third-order valence-electron chi connectivity index (χ3n) is 4.50. The number of nitrogens with one attached hydrogen (secondary N) is 2. The molecule has 0 aliphatic rings. The number of rotatable bonds is 6. The van der Waals surface area contributed by atoms with Gasteiger partial charge in [-0.15, -0.1) is 0 Å². The van der Waals surface area contributed by atoms with Crippen molar-refractivity contribution in [2.24, 2.45) is 0 Å². The van der Waals surface area contributed by atoms with Crippen LogP contribution in [0.5, 0.6) is 0 Å². The zero-order chi connectivity index (χ0) is 20.9. The molecule has 0 saturated carbocycles. The molecule has 2 amide bonds. The molecule has 28 heavy (non-hydrogen) atoms. The van der Waals surface area contributed by atoms with Crippen molar-refractivity contribution in [1.82, 2.24) is 15.6 Å². The summed E-state index contributed by atoms with van der Waals surface area (Å²) in [5, 5.41) is 5.61. The molecule has 0 fully saturated rings. The third kappa shape index (κ3) is 5.55. The molecule has 6 heteroatoms. The Hall–Kier alpha value is -2.89. The maximum Gasteiger partial charge on any atom is 0.251 e. The molecule has 1 aromatic heterocycles. The summed E-state index contributed by atoms with van der Waals surface area (Å²) in [6.45, 7) is 8.39. The van der Waals surface area contributed by atoms with Gasteiger partial charge in [-0.25, -0.2) is 4.98 Å². The molecule has 0 saturated heterocycles. The summed E-state index contributed by atoms with van der Waals surface area (Å²) in [4.78, 5) is 31.0. The predicted octanol–water partition coefficient (Wildman–Crippen LogP) is 2.88. The fraction of sp³-hybridized carbons (Fsp3) is 0.409. The lowest BCUT2D eigenvalue weighted by molar-refractivity contribution is -0.122. The first-order valence-electron chi connectivity index (χ1n) is 9.40. The largest absolute Gasteiger partial charge is 0.362 e. The van der Waals surface area contributed by atoms with Gasteiger partial charge in [0.1, 0.15) is 11.9 Å². The van der Waals surface area contributed by atoms with E-state index in [0.717, 1.165) is 16.9 Å². The molecule has 2 N–H and O–H groups in total. The Morgan fingerprint density at radius 1 is 1.11 bits per heavy atom. The van der Waals surface area contributed by atoms with Gasteiger partial charge in [-0.3, -0.25) is 9.59 Å². The van der Waals surface area contributed by atoms with Gasteiger partial charge in [0.2, 0.25) is 5.91 Å². The third-order valence-corrected chi connectivity index (χ3v) is 4.50. The molecule has 0 radical (unpaired) electrons. The summed E-state index contributed by atoms with van der Waals surface area (Å²) in [6, 6.07) is 10.6. The van der Waals surface area contributed by atoms with Gasteiger partial charge < -0.3 is 15.5 Å². The summed E-state index contributed by atoms with van der Waals surface area (Å²) in [5.74, 6) is 0.296. The van der Waals surface area contributed by atoms with Crippen molar-refractivity contribution in [2.75, 3.05) is 19.0 Å². The molecule has 1 atom stereocenters. The van der Waals surface area contributed by atoms with E-state index in [0.29, 0.717) is 12.1 Å². The average molecular weight is 383 g/mol. The predicted molar refractivity (Wildman–Crippen MR) is 112 cm³/mol. The van der Waals surface area contributed by atoms with E-state index in [9.17, 15) is 9.59 Å². The monoisotopic (exact) mass is 382 g/mol. The first-order chi connectivity index (χ1) is 13.1. The Morgan fingerprint density at radius 2 is 1.75 bits per heavy atom. The number of amides is 2. The Morgan fingerprint density at radius 3 is 2.32 bits per heavy atom. The highest BCUT2D eigenvalue weighted by Gasteiger charge is 2.18. The van der Waals surface area contributed by atoms with Crippen LogP contribution < -0.4 is 15.5 Å². The van der Waals surface area contributed by atoms with Gasteiger partial charge in [0.05, 0.1) is 0 Å². The van der Waals surface area contributed by atoms with E-state index in [1.165, 1.54) is 0 Å². The maximum absolute atomic E-state index is 12.4. The molecule has 2 rings (SSSR count). The van der Waals surface area contributed by atoms with Crippen LogP contribution in [0.1, 0.15) is 49.2 Å². The molecule has 2 aromatic rings. The Labute approximate surface area is 167 Å². The highest BCUT2D eigenvalue weighted by Crippen LogP contribution is 2.22. The molecule has 0 aliphatic heterocycles. The van der Waals surface area contributed by atoms with Crippen molar-refractivity contribution in [2.45, 2.75) is 45.7 Å². The highest BCUT2D eigenvalue weighted by molar-refractivity contribution is 5.97. The number of hydrogen-bond donors (Lipinski definition) is 2. The van der Waals surface area contributed by atoms with E-state index in [-0.39, 0.29) is 17.2 Å². The molecular weight excluding hydrogens is 352 g/mol. The normalized spacial score (nSPS) is 12.2. The van der Waals surface area contributed by atoms with E-state index in [2.05, 4.69) is 36.4 Å².